The van der Waals surface area contributed by atoms with Crippen molar-refractivity contribution in [2.45, 2.75) is 32.1 Å². The summed E-state index contributed by atoms with van der Waals surface area (Å²) in [6.07, 6.45) is -4.77. The summed E-state index contributed by atoms with van der Waals surface area (Å²) in [6, 6.07) is 16.5. The molecule has 1 heterocycles. The molecule has 4 rings (SSSR count). The average Bonchev–Trinajstić information content (AvgIpc) is 2.95. The predicted octanol–water partition coefficient (Wildman–Crippen LogP) is 6.38. The van der Waals surface area contributed by atoms with Crippen molar-refractivity contribution in [2.75, 3.05) is 4.90 Å². The summed E-state index contributed by atoms with van der Waals surface area (Å²) in [5, 5.41) is 0. The van der Waals surface area contributed by atoms with Crippen LogP contribution in [0.1, 0.15) is 25.0 Å². The summed E-state index contributed by atoms with van der Waals surface area (Å²) in [5.41, 5.74) is -2.79. The van der Waals surface area contributed by atoms with Gasteiger partial charge in [-0.25, -0.2) is 14.1 Å². The molecule has 0 radical (unpaired) electrons. The van der Waals surface area contributed by atoms with Gasteiger partial charge in [0.05, 0.1) is 17.8 Å². The fourth-order valence-corrected chi connectivity index (χ4v) is 3.69. The number of rotatable bonds is 5. The van der Waals surface area contributed by atoms with Crippen LogP contribution in [0.2, 0.25) is 0 Å². The third-order valence-corrected chi connectivity index (χ3v) is 5.61. The number of ether oxygens (including phenoxy) is 1. The van der Waals surface area contributed by atoms with E-state index in [1.54, 1.807) is 48.5 Å². The molecule has 3 amide bonds. The van der Waals surface area contributed by atoms with Crippen molar-refractivity contribution in [1.82, 2.24) is 4.90 Å². The Kier molecular flexibility index (Phi) is 5.80. The number of benzene rings is 3. The van der Waals surface area contributed by atoms with Crippen LogP contribution >= 0.6 is 0 Å². The summed E-state index contributed by atoms with van der Waals surface area (Å²) in [7, 11) is 0. The largest absolute Gasteiger partial charge is 0.457 e. The van der Waals surface area contributed by atoms with E-state index in [-0.39, 0.29) is 6.54 Å². The summed E-state index contributed by atoms with van der Waals surface area (Å²) >= 11 is 0. The summed E-state index contributed by atoms with van der Waals surface area (Å²) < 4.78 is 60.0. The molecule has 0 atom stereocenters. The molecule has 0 unspecified atom stereocenters. The van der Waals surface area contributed by atoms with Crippen molar-refractivity contribution in [3.8, 4) is 11.5 Å². The third-order valence-electron chi connectivity index (χ3n) is 5.61. The Morgan fingerprint density at radius 1 is 0.912 bits per heavy atom. The van der Waals surface area contributed by atoms with E-state index < -0.39 is 40.7 Å². The number of imide groups is 1. The lowest BCUT2D eigenvalue weighted by Gasteiger charge is -2.28. The van der Waals surface area contributed by atoms with E-state index in [9.17, 15) is 27.2 Å². The molecule has 0 saturated carbocycles. The SMILES string of the molecule is CC1(C)C(=O)N(c2cc(C(F)(F)F)ccc2F)C(=O)N1Cc1ccccc1Oc1ccccc1. The number of alkyl halides is 3. The van der Waals surface area contributed by atoms with Crippen LogP contribution in [0.25, 0.3) is 0 Å². The molecule has 0 aliphatic carbocycles. The standard InChI is InChI=1S/C25H20F4N2O3/c1-24(2)22(32)31(20-14-17(25(27,28)29)12-13-19(20)26)23(33)30(24)15-16-8-6-7-11-21(16)34-18-9-4-3-5-10-18/h3-14H,15H2,1-2H3. The van der Waals surface area contributed by atoms with Crippen molar-refractivity contribution in [3.63, 3.8) is 0 Å². The van der Waals surface area contributed by atoms with E-state index in [0.717, 1.165) is 0 Å². The van der Waals surface area contributed by atoms with Crippen LogP contribution in [0.5, 0.6) is 11.5 Å². The average molecular weight is 472 g/mol. The van der Waals surface area contributed by atoms with Crippen LogP contribution < -0.4 is 9.64 Å². The molecule has 5 nitrogen and oxygen atoms in total. The first-order valence-corrected chi connectivity index (χ1v) is 10.3. The zero-order chi connectivity index (χ0) is 24.7. The van der Waals surface area contributed by atoms with Crippen LogP contribution in [0.4, 0.5) is 28.0 Å². The van der Waals surface area contributed by atoms with Gasteiger partial charge < -0.3 is 9.64 Å². The van der Waals surface area contributed by atoms with E-state index in [0.29, 0.717) is 40.2 Å². The number of carbonyl (C=O) groups is 2. The molecule has 1 aliphatic heterocycles. The topological polar surface area (TPSA) is 49.9 Å². The number of urea groups is 1. The number of halogens is 4. The highest BCUT2D eigenvalue weighted by Gasteiger charge is 2.52. The Balaban J connectivity index is 1.69. The van der Waals surface area contributed by atoms with Gasteiger partial charge in [-0.3, -0.25) is 4.79 Å². The number of nitrogens with zero attached hydrogens (tertiary/aromatic N) is 2. The predicted molar refractivity (Wildman–Crippen MR) is 117 cm³/mol. The molecule has 0 bridgehead atoms. The van der Waals surface area contributed by atoms with Crippen LogP contribution in [-0.2, 0) is 17.5 Å². The van der Waals surface area contributed by atoms with Gasteiger partial charge >= 0.3 is 12.2 Å². The van der Waals surface area contributed by atoms with Crippen molar-refractivity contribution in [1.29, 1.82) is 0 Å². The Hall–Kier alpha value is -3.88. The van der Waals surface area contributed by atoms with E-state index >= 15 is 0 Å². The molecule has 3 aromatic carbocycles. The molecule has 0 aromatic heterocycles. The van der Waals surface area contributed by atoms with E-state index in [1.165, 1.54) is 18.7 Å². The highest BCUT2D eigenvalue weighted by Crippen LogP contribution is 2.39. The number of carbonyl (C=O) groups excluding carboxylic acids is 2. The summed E-state index contributed by atoms with van der Waals surface area (Å²) in [4.78, 5) is 28.0. The fourth-order valence-electron chi connectivity index (χ4n) is 3.69. The minimum absolute atomic E-state index is 0.0857. The Morgan fingerprint density at radius 2 is 1.56 bits per heavy atom. The van der Waals surface area contributed by atoms with Crippen molar-refractivity contribution in [2.24, 2.45) is 0 Å². The second-order valence-corrected chi connectivity index (χ2v) is 8.26. The number of hydrogen-bond acceptors (Lipinski definition) is 3. The van der Waals surface area contributed by atoms with Gasteiger partial charge in [0, 0.05) is 5.56 Å². The molecule has 9 heteroatoms. The van der Waals surface area contributed by atoms with Gasteiger partial charge in [0.2, 0.25) is 0 Å². The first-order valence-electron chi connectivity index (χ1n) is 10.3. The van der Waals surface area contributed by atoms with Crippen LogP contribution in [0.15, 0.2) is 72.8 Å². The normalized spacial score (nSPS) is 15.7. The molecule has 1 saturated heterocycles. The maximum absolute atomic E-state index is 14.5. The lowest BCUT2D eigenvalue weighted by molar-refractivity contribution is -0.137. The molecule has 0 N–H and O–H groups in total. The maximum atomic E-state index is 14.5. The zero-order valence-electron chi connectivity index (χ0n) is 18.3. The molecule has 0 spiro atoms. The molecular weight excluding hydrogens is 452 g/mol. The fraction of sp³-hybridized carbons (Fsp3) is 0.200. The van der Waals surface area contributed by atoms with Gasteiger partial charge in [-0.05, 0) is 50.2 Å². The van der Waals surface area contributed by atoms with Crippen LogP contribution in [0.3, 0.4) is 0 Å². The van der Waals surface area contributed by atoms with Crippen LogP contribution in [0, 0.1) is 5.82 Å². The van der Waals surface area contributed by atoms with E-state index in [1.807, 2.05) is 6.07 Å². The van der Waals surface area contributed by atoms with E-state index in [2.05, 4.69) is 0 Å². The van der Waals surface area contributed by atoms with Crippen molar-refractivity contribution in [3.05, 3.63) is 89.7 Å². The molecule has 1 fully saturated rings. The molecule has 1 aliphatic rings. The summed E-state index contributed by atoms with van der Waals surface area (Å²) in [5.74, 6) is -0.948. The second-order valence-electron chi connectivity index (χ2n) is 8.26. The number of amides is 3. The number of para-hydroxylation sites is 2. The molecule has 34 heavy (non-hydrogen) atoms. The van der Waals surface area contributed by atoms with Crippen molar-refractivity contribution >= 4 is 17.6 Å². The molecular formula is C25H20F4N2O3. The molecule has 176 valence electrons. The lowest BCUT2D eigenvalue weighted by Crippen LogP contribution is -2.43. The first kappa shape index (κ1) is 23.3. The Morgan fingerprint density at radius 3 is 2.24 bits per heavy atom. The van der Waals surface area contributed by atoms with Gasteiger partial charge in [-0.15, -0.1) is 0 Å². The third kappa shape index (κ3) is 4.21. The number of anilines is 1. The smallest absolute Gasteiger partial charge is 0.416 e. The van der Waals surface area contributed by atoms with Gasteiger partial charge in [-0.2, -0.15) is 13.2 Å². The zero-order valence-corrected chi connectivity index (χ0v) is 18.3. The highest BCUT2D eigenvalue weighted by atomic mass is 19.4. The Labute approximate surface area is 193 Å². The monoisotopic (exact) mass is 472 g/mol. The van der Waals surface area contributed by atoms with Gasteiger partial charge in [-0.1, -0.05) is 36.4 Å². The first-order chi connectivity index (χ1) is 16.0. The minimum atomic E-state index is -4.77. The van der Waals surface area contributed by atoms with Crippen LogP contribution in [-0.4, -0.2) is 22.4 Å². The second kappa shape index (κ2) is 8.48. The van der Waals surface area contributed by atoms with E-state index in [4.69, 9.17) is 4.74 Å². The van der Waals surface area contributed by atoms with Gasteiger partial charge in [0.25, 0.3) is 5.91 Å². The Bertz CT molecular complexity index is 1240. The lowest BCUT2D eigenvalue weighted by atomic mass is 10.0. The number of hydrogen-bond donors (Lipinski definition) is 0. The van der Waals surface area contributed by atoms with Gasteiger partial charge in [0.1, 0.15) is 22.9 Å². The summed E-state index contributed by atoms with van der Waals surface area (Å²) in [6.45, 7) is 2.83. The van der Waals surface area contributed by atoms with Crippen molar-refractivity contribution < 1.29 is 31.9 Å². The maximum Gasteiger partial charge on any atom is 0.416 e. The quantitative estimate of drug-likeness (QED) is 0.320. The molecule has 3 aromatic rings. The van der Waals surface area contributed by atoms with Gasteiger partial charge in [0.15, 0.2) is 0 Å². The highest BCUT2D eigenvalue weighted by molar-refractivity contribution is 6.23. The minimum Gasteiger partial charge on any atom is -0.457 e.